The summed E-state index contributed by atoms with van der Waals surface area (Å²) in [5, 5.41) is 4.20. The predicted molar refractivity (Wildman–Crippen MR) is 78.3 cm³/mol. The molecule has 0 unspecified atom stereocenters. The summed E-state index contributed by atoms with van der Waals surface area (Å²) in [5.74, 6) is 0.113. The molecule has 5 heteroatoms. The van der Waals surface area contributed by atoms with Gasteiger partial charge in [-0.3, -0.25) is 0 Å². The van der Waals surface area contributed by atoms with Crippen molar-refractivity contribution in [1.82, 2.24) is 9.97 Å². The van der Waals surface area contributed by atoms with Crippen LogP contribution in [0.1, 0.15) is 5.56 Å². The Balaban J connectivity index is 1.77. The molecular weight excluding hydrogens is 277 g/mol. The van der Waals surface area contributed by atoms with Crippen molar-refractivity contribution in [2.24, 2.45) is 0 Å². The lowest BCUT2D eigenvalue weighted by Crippen LogP contribution is -2.03. The highest BCUT2D eigenvalue weighted by Crippen LogP contribution is 2.17. The van der Waals surface area contributed by atoms with E-state index in [1.54, 1.807) is 18.3 Å². The molecular formula is C15H11ClFN3. The summed E-state index contributed by atoms with van der Waals surface area (Å²) in [6, 6.07) is 12.4. The largest absolute Gasteiger partial charge is 0.350 e. The average molecular weight is 288 g/mol. The van der Waals surface area contributed by atoms with Crippen LogP contribution < -0.4 is 5.32 Å². The molecule has 0 fully saturated rings. The lowest BCUT2D eigenvalue weighted by atomic mass is 10.2. The summed E-state index contributed by atoms with van der Waals surface area (Å²) >= 11 is 5.74. The van der Waals surface area contributed by atoms with Crippen molar-refractivity contribution in [2.75, 3.05) is 5.32 Å². The van der Waals surface area contributed by atoms with Gasteiger partial charge in [0.15, 0.2) is 0 Å². The maximum atomic E-state index is 13.1. The van der Waals surface area contributed by atoms with Gasteiger partial charge >= 0.3 is 0 Å². The van der Waals surface area contributed by atoms with Crippen LogP contribution in [0, 0.1) is 5.82 Å². The summed E-state index contributed by atoms with van der Waals surface area (Å²) in [4.78, 5) is 8.63. The number of anilines is 1. The Labute approximate surface area is 120 Å². The lowest BCUT2D eigenvalue weighted by molar-refractivity contribution is 0.627. The van der Waals surface area contributed by atoms with Crippen LogP contribution in [0.2, 0.25) is 5.02 Å². The quantitative estimate of drug-likeness (QED) is 0.790. The predicted octanol–water partition coefficient (Wildman–Crippen LogP) is 4.03. The van der Waals surface area contributed by atoms with Crippen molar-refractivity contribution in [2.45, 2.75) is 6.54 Å². The Morgan fingerprint density at radius 3 is 2.85 bits per heavy atom. The van der Waals surface area contributed by atoms with Crippen LogP contribution in [0.25, 0.3) is 10.9 Å². The van der Waals surface area contributed by atoms with E-state index in [-0.39, 0.29) is 5.02 Å². The van der Waals surface area contributed by atoms with Gasteiger partial charge in [0.05, 0.1) is 10.5 Å². The van der Waals surface area contributed by atoms with Crippen molar-refractivity contribution in [3.63, 3.8) is 0 Å². The fraction of sp³-hybridized carbons (Fsp3) is 0.0667. The molecule has 20 heavy (non-hydrogen) atoms. The minimum absolute atomic E-state index is 0.115. The fourth-order valence-corrected chi connectivity index (χ4v) is 2.09. The van der Waals surface area contributed by atoms with E-state index in [1.807, 2.05) is 24.3 Å². The van der Waals surface area contributed by atoms with Gasteiger partial charge in [0.1, 0.15) is 5.82 Å². The highest BCUT2D eigenvalue weighted by molar-refractivity contribution is 6.30. The molecule has 0 saturated heterocycles. The second-order valence-electron chi connectivity index (χ2n) is 4.35. The molecule has 0 aliphatic heterocycles. The minimum atomic E-state index is -0.419. The third-order valence-corrected chi connectivity index (χ3v) is 3.21. The molecule has 0 spiro atoms. The maximum absolute atomic E-state index is 13.1. The van der Waals surface area contributed by atoms with Crippen molar-refractivity contribution >= 4 is 28.5 Å². The smallest absolute Gasteiger partial charge is 0.223 e. The SMILES string of the molecule is Fc1ccc(CNc2ncc3ccccc3n2)cc1Cl. The zero-order valence-electron chi connectivity index (χ0n) is 10.5. The zero-order valence-corrected chi connectivity index (χ0v) is 11.2. The van der Waals surface area contributed by atoms with Crippen LogP contribution in [0.4, 0.5) is 10.3 Å². The van der Waals surface area contributed by atoms with Gasteiger partial charge in [-0.05, 0) is 23.8 Å². The van der Waals surface area contributed by atoms with Crippen molar-refractivity contribution in [1.29, 1.82) is 0 Å². The van der Waals surface area contributed by atoms with E-state index in [9.17, 15) is 4.39 Å². The van der Waals surface area contributed by atoms with E-state index < -0.39 is 5.82 Å². The molecule has 0 amide bonds. The molecule has 0 saturated carbocycles. The van der Waals surface area contributed by atoms with Gasteiger partial charge in [-0.15, -0.1) is 0 Å². The zero-order chi connectivity index (χ0) is 13.9. The summed E-state index contributed by atoms with van der Waals surface area (Å²) < 4.78 is 13.1. The third-order valence-electron chi connectivity index (χ3n) is 2.92. The Kier molecular flexibility index (Phi) is 3.48. The molecule has 3 rings (SSSR count). The molecule has 1 heterocycles. The number of benzene rings is 2. The number of nitrogens with one attached hydrogen (secondary N) is 1. The highest BCUT2D eigenvalue weighted by atomic mass is 35.5. The van der Waals surface area contributed by atoms with E-state index in [0.717, 1.165) is 16.5 Å². The number of halogens is 2. The number of hydrogen-bond acceptors (Lipinski definition) is 3. The van der Waals surface area contributed by atoms with Crippen LogP contribution >= 0.6 is 11.6 Å². The second-order valence-corrected chi connectivity index (χ2v) is 4.76. The van der Waals surface area contributed by atoms with E-state index in [2.05, 4.69) is 15.3 Å². The first kappa shape index (κ1) is 12.8. The van der Waals surface area contributed by atoms with E-state index >= 15 is 0 Å². The Morgan fingerprint density at radius 2 is 2.00 bits per heavy atom. The number of aromatic nitrogens is 2. The molecule has 2 aromatic carbocycles. The number of rotatable bonds is 3. The normalized spacial score (nSPS) is 10.7. The fourth-order valence-electron chi connectivity index (χ4n) is 1.89. The number of nitrogens with zero attached hydrogens (tertiary/aromatic N) is 2. The molecule has 1 N–H and O–H groups in total. The molecule has 3 nitrogen and oxygen atoms in total. The van der Waals surface area contributed by atoms with Gasteiger partial charge in [0.2, 0.25) is 5.95 Å². The van der Waals surface area contributed by atoms with Crippen molar-refractivity contribution in [3.8, 4) is 0 Å². The molecule has 0 radical (unpaired) electrons. The van der Waals surface area contributed by atoms with E-state index in [1.165, 1.54) is 6.07 Å². The second kappa shape index (κ2) is 5.43. The molecule has 100 valence electrons. The van der Waals surface area contributed by atoms with Gasteiger partial charge in [-0.2, -0.15) is 0 Å². The van der Waals surface area contributed by atoms with Crippen LogP contribution in [-0.2, 0) is 6.54 Å². The maximum Gasteiger partial charge on any atom is 0.223 e. The van der Waals surface area contributed by atoms with Crippen molar-refractivity contribution < 1.29 is 4.39 Å². The Hall–Kier alpha value is -2.20. The molecule has 1 aromatic heterocycles. The first-order chi connectivity index (χ1) is 9.72. The van der Waals surface area contributed by atoms with Crippen molar-refractivity contribution in [3.05, 3.63) is 65.1 Å². The van der Waals surface area contributed by atoms with Crippen LogP contribution in [0.15, 0.2) is 48.7 Å². The van der Waals surface area contributed by atoms with Gasteiger partial charge in [-0.1, -0.05) is 35.9 Å². The van der Waals surface area contributed by atoms with Gasteiger partial charge in [0, 0.05) is 18.1 Å². The summed E-state index contributed by atoms with van der Waals surface area (Å²) in [6.45, 7) is 0.484. The van der Waals surface area contributed by atoms with Crippen LogP contribution in [0.5, 0.6) is 0 Å². The highest BCUT2D eigenvalue weighted by Gasteiger charge is 2.02. The molecule has 3 aromatic rings. The first-order valence-electron chi connectivity index (χ1n) is 6.12. The summed E-state index contributed by atoms with van der Waals surface area (Å²) in [5.41, 5.74) is 1.75. The minimum Gasteiger partial charge on any atom is -0.350 e. The summed E-state index contributed by atoms with van der Waals surface area (Å²) in [7, 11) is 0. The average Bonchev–Trinajstić information content (AvgIpc) is 2.48. The van der Waals surface area contributed by atoms with E-state index in [4.69, 9.17) is 11.6 Å². The monoisotopic (exact) mass is 287 g/mol. The number of hydrogen-bond donors (Lipinski definition) is 1. The van der Waals surface area contributed by atoms with Crippen LogP contribution in [-0.4, -0.2) is 9.97 Å². The van der Waals surface area contributed by atoms with Gasteiger partial charge < -0.3 is 5.32 Å². The number of fused-ring (bicyclic) bond motifs is 1. The van der Waals surface area contributed by atoms with Crippen LogP contribution in [0.3, 0.4) is 0 Å². The Bertz CT molecular complexity index is 761. The topological polar surface area (TPSA) is 37.8 Å². The van der Waals surface area contributed by atoms with Gasteiger partial charge in [-0.25, -0.2) is 14.4 Å². The van der Waals surface area contributed by atoms with Gasteiger partial charge in [0.25, 0.3) is 0 Å². The standard InChI is InChI=1S/C15H11ClFN3/c16-12-7-10(5-6-13(12)17)8-18-15-19-9-11-3-1-2-4-14(11)20-15/h1-7,9H,8H2,(H,18,19,20). The lowest BCUT2D eigenvalue weighted by Gasteiger charge is -2.06. The molecule has 0 bridgehead atoms. The third kappa shape index (κ3) is 2.70. The first-order valence-corrected chi connectivity index (χ1v) is 6.50. The number of para-hydroxylation sites is 1. The summed E-state index contributed by atoms with van der Waals surface area (Å²) in [6.07, 6.45) is 1.77. The Morgan fingerprint density at radius 1 is 1.15 bits per heavy atom. The molecule has 0 atom stereocenters. The molecule has 0 aliphatic carbocycles. The molecule has 0 aliphatic rings. The van der Waals surface area contributed by atoms with E-state index in [0.29, 0.717) is 12.5 Å².